The van der Waals surface area contributed by atoms with Gasteiger partial charge in [0.2, 0.25) is 0 Å². The highest BCUT2D eigenvalue weighted by Crippen LogP contribution is 2.29. The maximum Gasteiger partial charge on any atom is 0.317 e. The lowest BCUT2D eigenvalue weighted by Crippen LogP contribution is -2.48. The van der Waals surface area contributed by atoms with E-state index < -0.39 is 0 Å². The van der Waals surface area contributed by atoms with Crippen LogP contribution in [-0.4, -0.2) is 53.2 Å². The van der Waals surface area contributed by atoms with Crippen LogP contribution in [0.5, 0.6) is 5.75 Å². The maximum atomic E-state index is 12.4. The quantitative estimate of drug-likeness (QED) is 0.735. The Morgan fingerprint density at radius 2 is 2.10 bits per heavy atom. The molecule has 0 aliphatic carbocycles. The number of ether oxygens (including phenoxy) is 2. The van der Waals surface area contributed by atoms with Crippen molar-refractivity contribution in [3.8, 4) is 17.0 Å². The number of benzene rings is 1. The molecular formula is C22H26N4O3. The van der Waals surface area contributed by atoms with Gasteiger partial charge in [-0.3, -0.25) is 4.40 Å². The molecule has 0 radical (unpaired) electrons. The van der Waals surface area contributed by atoms with Gasteiger partial charge >= 0.3 is 6.03 Å². The largest absolute Gasteiger partial charge is 0.497 e. The van der Waals surface area contributed by atoms with E-state index in [1.807, 2.05) is 56.6 Å². The number of urea groups is 1. The SMILES string of the molecule is COc1cccc(-c2cccc3c(C4CN(C(=O)NC(C)C)CCO4)ncn23)c1. The topological polar surface area (TPSA) is 68.1 Å². The predicted octanol–water partition coefficient (Wildman–Crippen LogP) is 3.50. The van der Waals surface area contributed by atoms with E-state index in [4.69, 9.17) is 9.47 Å². The van der Waals surface area contributed by atoms with Crippen LogP contribution in [0, 0.1) is 0 Å². The molecule has 1 aliphatic rings. The van der Waals surface area contributed by atoms with E-state index in [0.29, 0.717) is 19.7 Å². The number of rotatable bonds is 4. The van der Waals surface area contributed by atoms with Crippen molar-refractivity contribution in [3.05, 3.63) is 54.5 Å². The van der Waals surface area contributed by atoms with E-state index in [-0.39, 0.29) is 18.2 Å². The van der Waals surface area contributed by atoms with E-state index in [2.05, 4.69) is 20.8 Å². The number of hydrogen-bond acceptors (Lipinski definition) is 4. The summed E-state index contributed by atoms with van der Waals surface area (Å²) >= 11 is 0. The van der Waals surface area contributed by atoms with Crippen LogP contribution in [0.2, 0.25) is 0 Å². The number of hydrogen-bond donors (Lipinski definition) is 1. The normalized spacial score (nSPS) is 17.0. The summed E-state index contributed by atoms with van der Waals surface area (Å²) in [5, 5.41) is 2.95. The fourth-order valence-corrected chi connectivity index (χ4v) is 3.64. The van der Waals surface area contributed by atoms with Gasteiger partial charge in [0.05, 0.1) is 37.2 Å². The van der Waals surface area contributed by atoms with Crippen LogP contribution in [0.1, 0.15) is 25.6 Å². The van der Waals surface area contributed by atoms with Gasteiger partial charge in [-0.05, 0) is 38.1 Å². The number of imidazole rings is 1. The molecule has 1 saturated heterocycles. The molecule has 152 valence electrons. The smallest absolute Gasteiger partial charge is 0.317 e. The zero-order valence-corrected chi connectivity index (χ0v) is 17.0. The van der Waals surface area contributed by atoms with Gasteiger partial charge in [-0.25, -0.2) is 9.78 Å². The number of nitrogens with one attached hydrogen (secondary N) is 1. The lowest BCUT2D eigenvalue weighted by molar-refractivity contribution is -0.0169. The zero-order chi connectivity index (χ0) is 20.4. The van der Waals surface area contributed by atoms with Gasteiger partial charge in [-0.15, -0.1) is 0 Å². The molecule has 1 atom stereocenters. The average Bonchev–Trinajstić information content (AvgIpc) is 3.17. The van der Waals surface area contributed by atoms with Crippen LogP contribution < -0.4 is 10.1 Å². The second kappa shape index (κ2) is 8.13. The van der Waals surface area contributed by atoms with Crippen LogP contribution in [0.15, 0.2) is 48.8 Å². The lowest BCUT2D eigenvalue weighted by atomic mass is 10.1. The van der Waals surface area contributed by atoms with E-state index in [0.717, 1.165) is 28.2 Å². The first-order valence-electron chi connectivity index (χ1n) is 9.84. The summed E-state index contributed by atoms with van der Waals surface area (Å²) in [5.41, 5.74) is 3.88. The molecule has 7 heteroatoms. The van der Waals surface area contributed by atoms with Crippen molar-refractivity contribution in [3.63, 3.8) is 0 Å². The summed E-state index contributed by atoms with van der Waals surface area (Å²) in [4.78, 5) is 18.9. The minimum atomic E-state index is -0.257. The van der Waals surface area contributed by atoms with Crippen molar-refractivity contribution in [1.82, 2.24) is 19.6 Å². The molecule has 1 aliphatic heterocycles. The number of pyridine rings is 1. The first-order valence-corrected chi connectivity index (χ1v) is 9.84. The Morgan fingerprint density at radius 3 is 2.90 bits per heavy atom. The molecule has 29 heavy (non-hydrogen) atoms. The van der Waals surface area contributed by atoms with E-state index in [1.54, 1.807) is 12.0 Å². The number of carbonyl (C=O) groups is 1. The van der Waals surface area contributed by atoms with Gasteiger partial charge in [0.1, 0.15) is 18.2 Å². The molecule has 0 bridgehead atoms. The molecular weight excluding hydrogens is 368 g/mol. The van der Waals surface area contributed by atoms with Gasteiger partial charge in [0.15, 0.2) is 0 Å². The third-order valence-corrected chi connectivity index (χ3v) is 5.04. The van der Waals surface area contributed by atoms with Crippen molar-refractivity contribution in [2.24, 2.45) is 0 Å². The Morgan fingerprint density at radius 1 is 1.28 bits per heavy atom. The second-order valence-electron chi connectivity index (χ2n) is 7.44. The predicted molar refractivity (Wildman–Crippen MR) is 111 cm³/mol. The van der Waals surface area contributed by atoms with Gasteiger partial charge in [0, 0.05) is 18.2 Å². The summed E-state index contributed by atoms with van der Waals surface area (Å²) < 4.78 is 13.4. The van der Waals surface area contributed by atoms with Crippen LogP contribution >= 0.6 is 0 Å². The molecule has 3 heterocycles. The standard InChI is InChI=1S/C22H26N4O3/c1-15(2)24-22(27)25-10-11-29-20(13-25)21-19-9-5-8-18(26(19)14-23-21)16-6-4-7-17(12-16)28-3/h4-9,12,14-15,20H,10-11,13H2,1-3H3,(H,24,27). The van der Waals surface area contributed by atoms with Gasteiger partial charge < -0.3 is 19.7 Å². The number of nitrogens with zero attached hydrogens (tertiary/aromatic N) is 3. The Balaban J connectivity index is 1.65. The fourth-order valence-electron chi connectivity index (χ4n) is 3.64. The molecule has 1 fully saturated rings. The number of amides is 2. The molecule has 4 rings (SSSR count). The fraction of sp³-hybridized carbons (Fsp3) is 0.364. The minimum absolute atomic E-state index is 0.0612. The molecule has 1 N–H and O–H groups in total. The van der Waals surface area contributed by atoms with Crippen molar-refractivity contribution in [1.29, 1.82) is 0 Å². The van der Waals surface area contributed by atoms with Crippen LogP contribution in [0.25, 0.3) is 16.8 Å². The molecule has 7 nitrogen and oxygen atoms in total. The Kier molecular flexibility index (Phi) is 5.40. The van der Waals surface area contributed by atoms with Gasteiger partial charge in [-0.1, -0.05) is 18.2 Å². The third kappa shape index (κ3) is 3.91. The third-order valence-electron chi connectivity index (χ3n) is 5.04. The van der Waals surface area contributed by atoms with E-state index in [9.17, 15) is 4.79 Å². The van der Waals surface area contributed by atoms with Gasteiger partial charge in [0.25, 0.3) is 0 Å². The monoisotopic (exact) mass is 394 g/mol. The summed E-state index contributed by atoms with van der Waals surface area (Å²) in [6.45, 7) is 5.47. The lowest BCUT2D eigenvalue weighted by Gasteiger charge is -2.33. The molecule has 0 saturated carbocycles. The summed E-state index contributed by atoms with van der Waals surface area (Å²) in [5.74, 6) is 0.808. The van der Waals surface area contributed by atoms with Crippen molar-refractivity contribution in [2.45, 2.75) is 26.0 Å². The summed E-state index contributed by atoms with van der Waals surface area (Å²) in [6.07, 6.45) is 1.56. The number of aromatic nitrogens is 2. The molecule has 1 aromatic carbocycles. The number of carbonyl (C=O) groups excluding carboxylic acids is 1. The first-order chi connectivity index (χ1) is 14.1. The number of morpholine rings is 1. The highest BCUT2D eigenvalue weighted by molar-refractivity contribution is 5.74. The number of methoxy groups -OCH3 is 1. The molecule has 0 spiro atoms. The Hall–Kier alpha value is -3.06. The summed E-state index contributed by atoms with van der Waals surface area (Å²) in [7, 11) is 1.66. The molecule has 2 aromatic heterocycles. The van der Waals surface area contributed by atoms with Crippen LogP contribution in [0.3, 0.4) is 0 Å². The van der Waals surface area contributed by atoms with E-state index >= 15 is 0 Å². The zero-order valence-electron chi connectivity index (χ0n) is 17.0. The van der Waals surface area contributed by atoms with Crippen LogP contribution in [-0.2, 0) is 4.74 Å². The van der Waals surface area contributed by atoms with Crippen molar-refractivity contribution >= 4 is 11.5 Å². The van der Waals surface area contributed by atoms with E-state index in [1.165, 1.54) is 0 Å². The maximum absolute atomic E-state index is 12.4. The highest BCUT2D eigenvalue weighted by Gasteiger charge is 2.28. The van der Waals surface area contributed by atoms with Gasteiger partial charge in [-0.2, -0.15) is 0 Å². The Bertz CT molecular complexity index is 1010. The highest BCUT2D eigenvalue weighted by atomic mass is 16.5. The first kappa shape index (κ1) is 19.3. The molecule has 3 aromatic rings. The Labute approximate surface area is 170 Å². The van der Waals surface area contributed by atoms with Crippen molar-refractivity contribution < 1.29 is 14.3 Å². The second-order valence-corrected chi connectivity index (χ2v) is 7.44. The molecule has 2 amide bonds. The average molecular weight is 394 g/mol. The number of fused-ring (bicyclic) bond motifs is 1. The minimum Gasteiger partial charge on any atom is -0.497 e. The van der Waals surface area contributed by atoms with Crippen molar-refractivity contribution in [2.75, 3.05) is 26.8 Å². The van der Waals surface area contributed by atoms with Crippen LogP contribution in [0.4, 0.5) is 4.79 Å². The summed E-state index contributed by atoms with van der Waals surface area (Å²) in [6, 6.07) is 14.1. The molecule has 1 unspecified atom stereocenters.